The van der Waals surface area contributed by atoms with E-state index < -0.39 is 7.14 Å². The highest BCUT2D eigenvalue weighted by Crippen LogP contribution is 2.50. The molecule has 84 valence electrons. The summed E-state index contributed by atoms with van der Waals surface area (Å²) in [5.41, 5.74) is 0. The molecule has 2 rings (SSSR count). The predicted octanol–water partition coefficient (Wildman–Crippen LogP) is 3.78. The summed E-state index contributed by atoms with van der Waals surface area (Å²) in [6.07, 6.45) is 7.30. The Labute approximate surface area is 97.3 Å². The van der Waals surface area contributed by atoms with Crippen molar-refractivity contribution in [1.29, 1.82) is 0 Å². The summed E-state index contributed by atoms with van der Waals surface area (Å²) in [5, 5.41) is 1.94. The van der Waals surface area contributed by atoms with Crippen LogP contribution < -0.4 is 5.30 Å². The Morgan fingerprint density at radius 1 is 1.25 bits per heavy atom. The molecule has 0 heterocycles. The minimum Gasteiger partial charge on any atom is -0.314 e. The van der Waals surface area contributed by atoms with Crippen molar-refractivity contribution in [2.75, 3.05) is 6.66 Å². The Balaban J connectivity index is 2.34. The molecule has 0 saturated carbocycles. The molecule has 1 aromatic rings. The van der Waals surface area contributed by atoms with Crippen molar-refractivity contribution >= 4 is 12.4 Å². The standard InChI is InChI=1S/C14H17OP/c1-12-8-10-14(11-9-12)16(2,15)13-6-4-3-5-7-13/h3-8,10-12H,9H2,1-2H3. The normalized spacial score (nSPS) is 23.6. The van der Waals surface area contributed by atoms with Gasteiger partial charge >= 0.3 is 0 Å². The van der Waals surface area contributed by atoms with Gasteiger partial charge < -0.3 is 4.57 Å². The Bertz CT molecular complexity index is 471. The molecule has 1 aromatic carbocycles. The van der Waals surface area contributed by atoms with Gasteiger partial charge in [0.2, 0.25) is 0 Å². The lowest BCUT2D eigenvalue weighted by Crippen LogP contribution is -2.06. The molecule has 0 N–H and O–H groups in total. The molecule has 0 aromatic heterocycles. The van der Waals surface area contributed by atoms with Crippen molar-refractivity contribution in [3.8, 4) is 0 Å². The minimum atomic E-state index is -2.37. The highest BCUT2D eigenvalue weighted by Gasteiger charge is 2.23. The van der Waals surface area contributed by atoms with E-state index in [1.54, 1.807) is 0 Å². The lowest BCUT2D eigenvalue weighted by Gasteiger charge is -2.19. The van der Waals surface area contributed by atoms with Gasteiger partial charge in [0, 0.05) is 10.6 Å². The van der Waals surface area contributed by atoms with Crippen LogP contribution in [0.15, 0.2) is 53.9 Å². The van der Waals surface area contributed by atoms with Crippen LogP contribution in [0.4, 0.5) is 0 Å². The third kappa shape index (κ3) is 2.20. The van der Waals surface area contributed by atoms with Gasteiger partial charge in [-0.1, -0.05) is 55.5 Å². The van der Waals surface area contributed by atoms with E-state index in [9.17, 15) is 4.57 Å². The molecule has 0 radical (unpaired) electrons. The van der Waals surface area contributed by atoms with Gasteiger partial charge in [0.15, 0.2) is 0 Å². The van der Waals surface area contributed by atoms with Crippen LogP contribution in [-0.2, 0) is 4.57 Å². The van der Waals surface area contributed by atoms with Crippen LogP contribution >= 0.6 is 7.14 Å². The molecule has 1 aliphatic rings. The summed E-state index contributed by atoms with van der Waals surface area (Å²) in [5.74, 6) is 0.569. The zero-order valence-electron chi connectivity index (χ0n) is 9.76. The van der Waals surface area contributed by atoms with E-state index in [1.165, 1.54) is 0 Å². The molecule has 0 aliphatic heterocycles. The van der Waals surface area contributed by atoms with E-state index in [1.807, 2.05) is 43.1 Å². The van der Waals surface area contributed by atoms with Crippen molar-refractivity contribution in [3.05, 3.63) is 53.9 Å². The third-order valence-corrected chi connectivity index (χ3v) is 5.64. The van der Waals surface area contributed by atoms with E-state index in [-0.39, 0.29) is 0 Å². The van der Waals surface area contributed by atoms with Crippen molar-refractivity contribution in [1.82, 2.24) is 0 Å². The largest absolute Gasteiger partial charge is 0.314 e. The summed E-state index contributed by atoms with van der Waals surface area (Å²) in [6.45, 7) is 4.03. The Kier molecular flexibility index (Phi) is 3.16. The summed E-state index contributed by atoms with van der Waals surface area (Å²) in [4.78, 5) is 0. The quantitative estimate of drug-likeness (QED) is 0.709. The Morgan fingerprint density at radius 3 is 2.50 bits per heavy atom. The molecule has 16 heavy (non-hydrogen) atoms. The van der Waals surface area contributed by atoms with E-state index in [2.05, 4.69) is 19.1 Å². The average molecular weight is 232 g/mol. The Morgan fingerprint density at radius 2 is 1.94 bits per heavy atom. The average Bonchev–Trinajstić information content (AvgIpc) is 2.31. The molecular formula is C14H17OP. The molecule has 2 heteroatoms. The summed E-state index contributed by atoms with van der Waals surface area (Å²) >= 11 is 0. The maximum atomic E-state index is 12.8. The van der Waals surface area contributed by atoms with E-state index in [0.29, 0.717) is 5.92 Å². The van der Waals surface area contributed by atoms with Crippen molar-refractivity contribution in [2.45, 2.75) is 13.3 Å². The second-order valence-corrected chi connectivity index (χ2v) is 7.34. The number of rotatable bonds is 2. The SMILES string of the molecule is CC1C=CC(P(C)(=O)c2ccccc2)=CC1. The molecule has 2 unspecified atom stereocenters. The van der Waals surface area contributed by atoms with Crippen molar-refractivity contribution in [3.63, 3.8) is 0 Å². The molecule has 0 bridgehead atoms. The second kappa shape index (κ2) is 4.43. The molecular weight excluding hydrogens is 215 g/mol. The molecule has 0 spiro atoms. The first-order chi connectivity index (χ1) is 7.60. The van der Waals surface area contributed by atoms with Gasteiger partial charge in [-0.15, -0.1) is 0 Å². The zero-order chi connectivity index (χ0) is 11.6. The Hall–Kier alpha value is -1.07. The highest BCUT2D eigenvalue weighted by molar-refractivity contribution is 7.75. The fourth-order valence-electron chi connectivity index (χ4n) is 1.89. The summed E-state index contributed by atoms with van der Waals surface area (Å²) in [6, 6.07) is 9.75. The highest BCUT2D eigenvalue weighted by atomic mass is 31.2. The first-order valence-electron chi connectivity index (χ1n) is 5.63. The van der Waals surface area contributed by atoms with Gasteiger partial charge in [-0.3, -0.25) is 0 Å². The first kappa shape index (κ1) is 11.4. The van der Waals surface area contributed by atoms with Gasteiger partial charge in [-0.2, -0.15) is 0 Å². The molecule has 1 aliphatic carbocycles. The second-order valence-electron chi connectivity index (χ2n) is 4.46. The van der Waals surface area contributed by atoms with E-state index in [4.69, 9.17) is 0 Å². The smallest absolute Gasteiger partial charge is 0.140 e. The van der Waals surface area contributed by atoms with Gasteiger partial charge in [0.1, 0.15) is 7.14 Å². The summed E-state index contributed by atoms with van der Waals surface area (Å²) in [7, 11) is -2.37. The van der Waals surface area contributed by atoms with Crippen LogP contribution in [0.1, 0.15) is 13.3 Å². The summed E-state index contributed by atoms with van der Waals surface area (Å²) < 4.78 is 12.8. The number of hydrogen-bond donors (Lipinski definition) is 0. The van der Waals surface area contributed by atoms with Crippen LogP contribution in [0.5, 0.6) is 0 Å². The van der Waals surface area contributed by atoms with E-state index >= 15 is 0 Å². The topological polar surface area (TPSA) is 17.1 Å². The van der Waals surface area contributed by atoms with Crippen LogP contribution in [0.2, 0.25) is 0 Å². The lowest BCUT2D eigenvalue weighted by molar-refractivity contribution is 0.588. The van der Waals surface area contributed by atoms with Crippen LogP contribution in [-0.4, -0.2) is 6.66 Å². The third-order valence-electron chi connectivity index (χ3n) is 3.04. The van der Waals surface area contributed by atoms with E-state index in [0.717, 1.165) is 17.0 Å². The van der Waals surface area contributed by atoms with Gasteiger partial charge in [0.25, 0.3) is 0 Å². The maximum absolute atomic E-state index is 12.8. The predicted molar refractivity (Wildman–Crippen MR) is 70.6 cm³/mol. The molecule has 0 saturated heterocycles. The lowest BCUT2D eigenvalue weighted by atomic mass is 10.0. The minimum absolute atomic E-state index is 0.569. The fourth-order valence-corrected chi connectivity index (χ4v) is 3.76. The van der Waals surface area contributed by atoms with Gasteiger partial charge in [-0.05, 0) is 19.0 Å². The molecule has 0 fully saturated rings. The number of hydrogen-bond acceptors (Lipinski definition) is 1. The zero-order valence-corrected chi connectivity index (χ0v) is 10.7. The van der Waals surface area contributed by atoms with Gasteiger partial charge in [0.05, 0.1) is 0 Å². The number of benzene rings is 1. The van der Waals surface area contributed by atoms with Crippen LogP contribution in [0, 0.1) is 5.92 Å². The molecule has 0 amide bonds. The number of allylic oxidation sites excluding steroid dienone is 4. The fraction of sp³-hybridized carbons (Fsp3) is 0.286. The molecule has 2 atom stereocenters. The van der Waals surface area contributed by atoms with Crippen molar-refractivity contribution < 1.29 is 4.57 Å². The maximum Gasteiger partial charge on any atom is 0.140 e. The molecule has 1 nitrogen and oxygen atoms in total. The van der Waals surface area contributed by atoms with Crippen LogP contribution in [0.3, 0.4) is 0 Å². The van der Waals surface area contributed by atoms with Crippen molar-refractivity contribution in [2.24, 2.45) is 5.92 Å². The monoisotopic (exact) mass is 232 g/mol. The first-order valence-corrected chi connectivity index (χ1v) is 7.78. The van der Waals surface area contributed by atoms with Gasteiger partial charge in [-0.25, -0.2) is 0 Å². The van der Waals surface area contributed by atoms with Crippen LogP contribution in [0.25, 0.3) is 0 Å².